The van der Waals surface area contributed by atoms with Crippen LogP contribution in [0.1, 0.15) is 11.1 Å². The second kappa shape index (κ2) is 12.9. The first-order valence-electron chi connectivity index (χ1n) is 12.8. The Balaban J connectivity index is 0.000000169. The van der Waals surface area contributed by atoms with E-state index in [4.69, 9.17) is 34.5 Å². The van der Waals surface area contributed by atoms with Gasteiger partial charge in [-0.1, -0.05) is 76.8 Å². The molecule has 10 heteroatoms. The lowest BCUT2D eigenvalue weighted by molar-refractivity contribution is 0.630. The lowest BCUT2D eigenvalue weighted by Crippen LogP contribution is -2.02. The number of aromatic nitrogens is 2. The predicted molar refractivity (Wildman–Crippen MR) is 165 cm³/mol. The number of pyridine rings is 2. The Morgan fingerprint density at radius 3 is 1.64 bits per heavy atom. The molecular weight excluding hydrogens is 577 g/mol. The Hall–Kier alpha value is -4.59. The average Bonchev–Trinajstić information content (AvgIpc) is 3.00. The summed E-state index contributed by atoms with van der Waals surface area (Å²) in [4.78, 5) is 11.8. The molecule has 4 aromatic carbocycles. The summed E-state index contributed by atoms with van der Waals surface area (Å²) < 4.78 is 28.1. The second-order valence-corrected chi connectivity index (χ2v) is 9.98. The highest BCUT2D eigenvalue weighted by Crippen LogP contribution is 2.32. The number of fused-ring (bicyclic) bond motifs is 2. The quantitative estimate of drug-likeness (QED) is 0.121. The van der Waals surface area contributed by atoms with Gasteiger partial charge in [0.15, 0.2) is 0 Å². The van der Waals surface area contributed by atoms with E-state index in [9.17, 15) is 8.78 Å². The fraction of sp³-hybridized carbons (Fsp3) is 0.0625. The van der Waals surface area contributed by atoms with Crippen molar-refractivity contribution < 1.29 is 8.78 Å². The van der Waals surface area contributed by atoms with Crippen LogP contribution in [0.25, 0.3) is 54.8 Å². The Morgan fingerprint density at radius 2 is 1.17 bits per heavy atom. The minimum absolute atomic E-state index is 0.0929. The Bertz CT molecular complexity index is 1980. The Morgan fingerprint density at radius 1 is 0.690 bits per heavy atom. The third-order valence-electron chi connectivity index (χ3n) is 6.53. The summed E-state index contributed by atoms with van der Waals surface area (Å²) in [7, 11) is 0. The smallest absolute Gasteiger partial charge is 0.132 e. The van der Waals surface area contributed by atoms with Crippen LogP contribution in [-0.2, 0) is 13.1 Å². The van der Waals surface area contributed by atoms with E-state index < -0.39 is 0 Å². The monoisotopic (exact) mass is 598 g/mol. The molecule has 6 rings (SSSR count). The highest BCUT2D eigenvalue weighted by molar-refractivity contribution is 6.35. The van der Waals surface area contributed by atoms with E-state index in [1.54, 1.807) is 48.5 Å². The normalized spacial score (nSPS) is 10.7. The molecule has 0 unspecified atom stereocenters. The molecule has 0 saturated carbocycles. The van der Waals surface area contributed by atoms with Crippen LogP contribution in [0, 0.1) is 11.6 Å². The number of hydrogen-bond donors (Lipinski definition) is 1. The van der Waals surface area contributed by atoms with E-state index in [2.05, 4.69) is 20.0 Å². The van der Waals surface area contributed by atoms with Crippen LogP contribution in [0.4, 0.5) is 8.78 Å². The van der Waals surface area contributed by atoms with E-state index in [1.807, 2.05) is 36.4 Å². The van der Waals surface area contributed by atoms with E-state index in [1.165, 1.54) is 12.1 Å². The van der Waals surface area contributed by atoms with Crippen LogP contribution in [0.3, 0.4) is 0 Å². The molecule has 0 aliphatic heterocycles. The summed E-state index contributed by atoms with van der Waals surface area (Å²) in [6.45, 7) is 0.384. The predicted octanol–water partition coefficient (Wildman–Crippen LogP) is 9.66. The minimum atomic E-state index is -0.386. The molecule has 0 bridgehead atoms. The SMILES string of the molecule is NCc1cc2cccc(Cl)c2nc1-c1ccccc1F.[N-]=[N+]=NCc1cc2cccc(Cl)c2nc1-c1ccccc1F. The largest absolute Gasteiger partial charge is 0.326 e. The molecular formula is C32H22Cl2F2N6. The van der Waals surface area contributed by atoms with E-state index >= 15 is 0 Å². The first-order chi connectivity index (χ1) is 20.4. The Labute approximate surface area is 250 Å². The second-order valence-electron chi connectivity index (χ2n) is 9.17. The maximum atomic E-state index is 14.1. The van der Waals surface area contributed by atoms with Gasteiger partial charge in [0.05, 0.1) is 39.0 Å². The summed E-state index contributed by atoms with van der Waals surface area (Å²) >= 11 is 12.3. The van der Waals surface area contributed by atoms with Crippen molar-refractivity contribution in [2.75, 3.05) is 0 Å². The first kappa shape index (κ1) is 28.9. The summed E-state index contributed by atoms with van der Waals surface area (Å²) in [5.74, 6) is -0.704. The fourth-order valence-electron chi connectivity index (χ4n) is 4.57. The van der Waals surface area contributed by atoms with Crippen LogP contribution >= 0.6 is 23.2 Å². The van der Waals surface area contributed by atoms with Gasteiger partial charge in [-0.2, -0.15) is 0 Å². The molecule has 2 aromatic heterocycles. The van der Waals surface area contributed by atoms with Crippen LogP contribution in [0.15, 0.2) is 102 Å². The van der Waals surface area contributed by atoms with Crippen molar-refractivity contribution in [1.29, 1.82) is 0 Å². The maximum Gasteiger partial charge on any atom is 0.132 e. The summed E-state index contributed by atoms with van der Waals surface area (Å²) in [5, 5.41) is 6.32. The molecule has 0 aliphatic rings. The number of rotatable bonds is 5. The zero-order chi connectivity index (χ0) is 29.6. The molecule has 6 nitrogen and oxygen atoms in total. The zero-order valence-electron chi connectivity index (χ0n) is 22.0. The van der Waals surface area contributed by atoms with Crippen molar-refractivity contribution in [2.24, 2.45) is 10.8 Å². The first-order valence-corrected chi connectivity index (χ1v) is 13.5. The highest BCUT2D eigenvalue weighted by atomic mass is 35.5. The van der Waals surface area contributed by atoms with Crippen molar-refractivity contribution in [3.63, 3.8) is 0 Å². The maximum absolute atomic E-state index is 14.1. The molecule has 0 fully saturated rings. The molecule has 0 amide bonds. The number of azide groups is 1. The minimum Gasteiger partial charge on any atom is -0.326 e. The number of nitrogens with two attached hydrogens (primary N) is 1. The zero-order valence-corrected chi connectivity index (χ0v) is 23.5. The molecule has 0 spiro atoms. The van der Waals surface area contributed by atoms with Gasteiger partial charge >= 0.3 is 0 Å². The van der Waals surface area contributed by atoms with Gasteiger partial charge in [-0.15, -0.1) is 0 Å². The number of halogens is 4. The van der Waals surface area contributed by atoms with Crippen molar-refractivity contribution >= 4 is 45.0 Å². The molecule has 42 heavy (non-hydrogen) atoms. The van der Waals surface area contributed by atoms with Gasteiger partial charge in [-0.25, -0.2) is 18.7 Å². The number of hydrogen-bond acceptors (Lipinski definition) is 4. The highest BCUT2D eigenvalue weighted by Gasteiger charge is 2.15. The fourth-order valence-corrected chi connectivity index (χ4v) is 5.02. The Kier molecular flexibility index (Phi) is 8.91. The van der Waals surface area contributed by atoms with Gasteiger partial charge in [0.2, 0.25) is 0 Å². The molecule has 2 heterocycles. The number of nitrogens with zero attached hydrogens (tertiary/aromatic N) is 5. The third-order valence-corrected chi connectivity index (χ3v) is 7.14. The van der Waals surface area contributed by atoms with Crippen molar-refractivity contribution in [3.8, 4) is 22.5 Å². The number of benzene rings is 4. The van der Waals surface area contributed by atoms with Crippen LogP contribution in [0.2, 0.25) is 10.0 Å². The number of para-hydroxylation sites is 2. The molecule has 0 aliphatic carbocycles. The third kappa shape index (κ3) is 6.03. The van der Waals surface area contributed by atoms with Gasteiger partial charge in [0.1, 0.15) is 11.6 Å². The van der Waals surface area contributed by atoms with Crippen molar-refractivity contribution in [2.45, 2.75) is 13.1 Å². The van der Waals surface area contributed by atoms with Crippen molar-refractivity contribution in [1.82, 2.24) is 9.97 Å². The molecule has 6 aromatic rings. The summed E-state index contributed by atoms with van der Waals surface area (Å²) in [5.41, 5.74) is 18.8. The van der Waals surface area contributed by atoms with Gasteiger partial charge < -0.3 is 5.73 Å². The van der Waals surface area contributed by atoms with E-state index in [-0.39, 0.29) is 18.2 Å². The van der Waals surface area contributed by atoms with Gasteiger partial charge in [-0.3, -0.25) is 0 Å². The van der Waals surface area contributed by atoms with Crippen LogP contribution in [-0.4, -0.2) is 9.97 Å². The summed E-state index contributed by atoms with van der Waals surface area (Å²) in [6.07, 6.45) is 0. The van der Waals surface area contributed by atoms with E-state index in [0.29, 0.717) is 55.7 Å². The van der Waals surface area contributed by atoms with Gasteiger partial charge in [-0.05, 0) is 65.2 Å². The lowest BCUT2D eigenvalue weighted by Gasteiger charge is -2.11. The topological polar surface area (TPSA) is 101 Å². The molecule has 2 N–H and O–H groups in total. The van der Waals surface area contributed by atoms with Crippen LogP contribution in [0.5, 0.6) is 0 Å². The average molecular weight is 599 g/mol. The van der Waals surface area contributed by atoms with Gasteiger partial charge in [0, 0.05) is 33.4 Å². The summed E-state index contributed by atoms with van der Waals surface area (Å²) in [6, 6.07) is 27.6. The molecule has 0 saturated heterocycles. The molecule has 0 radical (unpaired) electrons. The van der Waals surface area contributed by atoms with Crippen LogP contribution < -0.4 is 5.73 Å². The molecule has 208 valence electrons. The molecule has 0 atom stereocenters. The standard InChI is InChI=1S/C16H10ClFN4.C16H12ClFN2/c17-13-6-3-4-10-8-11(9-20-22-19)15(21-16(10)13)12-5-1-2-7-14(12)18;17-13-6-3-4-10-8-11(9-19)15(20-16(10)13)12-5-1-2-7-14(12)18/h1-8H,9H2;1-8H,9,19H2. The lowest BCUT2D eigenvalue weighted by atomic mass is 10.0. The van der Waals surface area contributed by atoms with E-state index in [0.717, 1.165) is 16.3 Å². The van der Waals surface area contributed by atoms with Crippen molar-refractivity contribution in [3.05, 3.63) is 140 Å². The van der Waals surface area contributed by atoms with Gasteiger partial charge in [0.25, 0.3) is 0 Å².